The van der Waals surface area contributed by atoms with Gasteiger partial charge < -0.3 is 19.9 Å². The first-order valence-corrected chi connectivity index (χ1v) is 5.75. The molecule has 0 spiro atoms. The largest absolute Gasteiger partial charge is 0.496 e. The van der Waals surface area contributed by atoms with Gasteiger partial charge in [0.25, 0.3) is 0 Å². The van der Waals surface area contributed by atoms with E-state index in [1.165, 1.54) is 0 Å². The Labute approximate surface area is 115 Å². The molecule has 2 N–H and O–H groups in total. The second kappa shape index (κ2) is 8.06. The topological polar surface area (TPSA) is 53.7 Å². The number of halogens is 1. The Hall–Kier alpha value is -1.13. The molecular weight excluding hydrogens is 254 g/mol. The number of benzene rings is 1. The van der Waals surface area contributed by atoms with Crippen molar-refractivity contribution < 1.29 is 14.2 Å². The molecule has 5 heteroatoms. The van der Waals surface area contributed by atoms with E-state index < -0.39 is 0 Å². The molecule has 0 bridgehead atoms. The van der Waals surface area contributed by atoms with Gasteiger partial charge in [-0.25, -0.2) is 0 Å². The lowest BCUT2D eigenvalue weighted by molar-refractivity contribution is 0.307. The smallest absolute Gasteiger partial charge is 0.164 e. The Morgan fingerprint density at radius 3 is 2.17 bits per heavy atom. The summed E-state index contributed by atoms with van der Waals surface area (Å²) >= 11 is 0. The van der Waals surface area contributed by atoms with Gasteiger partial charge in [-0.3, -0.25) is 0 Å². The van der Waals surface area contributed by atoms with Crippen LogP contribution in [0.1, 0.15) is 19.4 Å². The molecule has 0 aromatic heterocycles. The van der Waals surface area contributed by atoms with Crippen molar-refractivity contribution in [2.24, 2.45) is 5.73 Å². The minimum Gasteiger partial charge on any atom is -0.496 e. The summed E-state index contributed by atoms with van der Waals surface area (Å²) in [5, 5.41) is 0. The normalized spacial score (nSPS) is 11.4. The average molecular weight is 276 g/mol. The van der Waals surface area contributed by atoms with Crippen LogP contribution in [-0.2, 0) is 6.42 Å². The molecule has 18 heavy (non-hydrogen) atoms. The highest BCUT2D eigenvalue weighted by Crippen LogP contribution is 2.35. The molecule has 0 aliphatic rings. The second-order valence-corrected chi connectivity index (χ2v) is 3.93. The Kier molecular flexibility index (Phi) is 7.55. The van der Waals surface area contributed by atoms with Crippen LogP contribution in [0.4, 0.5) is 0 Å². The van der Waals surface area contributed by atoms with Gasteiger partial charge in [-0.15, -0.1) is 12.4 Å². The van der Waals surface area contributed by atoms with Crippen molar-refractivity contribution >= 4 is 12.4 Å². The van der Waals surface area contributed by atoms with E-state index >= 15 is 0 Å². The summed E-state index contributed by atoms with van der Waals surface area (Å²) in [6.45, 7) is 4.48. The molecule has 0 aliphatic carbocycles. The maximum Gasteiger partial charge on any atom is 0.164 e. The lowest BCUT2D eigenvalue weighted by Gasteiger charge is -2.16. The Balaban J connectivity index is 0.00000289. The number of methoxy groups -OCH3 is 2. The zero-order chi connectivity index (χ0) is 12.8. The quantitative estimate of drug-likeness (QED) is 0.866. The summed E-state index contributed by atoms with van der Waals surface area (Å²) < 4.78 is 16.1. The lowest BCUT2D eigenvalue weighted by Crippen LogP contribution is -2.18. The Morgan fingerprint density at radius 1 is 1.11 bits per heavy atom. The summed E-state index contributed by atoms with van der Waals surface area (Å²) in [5.74, 6) is 2.19. The van der Waals surface area contributed by atoms with Crippen molar-refractivity contribution in [3.05, 3.63) is 17.7 Å². The van der Waals surface area contributed by atoms with Gasteiger partial charge in [-0.05, 0) is 31.9 Å². The van der Waals surface area contributed by atoms with Crippen LogP contribution < -0.4 is 19.9 Å². The van der Waals surface area contributed by atoms with E-state index in [2.05, 4.69) is 0 Å². The Bertz CT molecular complexity index is 369. The standard InChI is InChI=1S/C13H21NO3.ClH/c1-5-17-13-8-11(15-3)10(6-9(2)14)7-12(13)16-4;/h7-9H,5-6,14H2,1-4H3;1H/t9-;/m1./s1. The van der Waals surface area contributed by atoms with Crippen LogP contribution in [0.2, 0.25) is 0 Å². The van der Waals surface area contributed by atoms with E-state index in [0.29, 0.717) is 18.1 Å². The Morgan fingerprint density at radius 2 is 1.72 bits per heavy atom. The fourth-order valence-electron chi connectivity index (χ4n) is 1.71. The maximum absolute atomic E-state index is 5.81. The first-order valence-electron chi connectivity index (χ1n) is 5.75. The molecule has 0 unspecified atom stereocenters. The van der Waals surface area contributed by atoms with Crippen LogP contribution in [0, 0.1) is 0 Å². The molecule has 104 valence electrons. The number of hydrogen-bond acceptors (Lipinski definition) is 4. The molecule has 4 nitrogen and oxygen atoms in total. The van der Waals surface area contributed by atoms with Gasteiger partial charge in [0.1, 0.15) is 5.75 Å². The molecular formula is C13H22ClNO3. The van der Waals surface area contributed by atoms with Crippen LogP contribution in [0.15, 0.2) is 12.1 Å². The molecule has 0 radical (unpaired) electrons. The van der Waals surface area contributed by atoms with Crippen LogP contribution in [-0.4, -0.2) is 26.9 Å². The van der Waals surface area contributed by atoms with Crippen molar-refractivity contribution in [1.29, 1.82) is 0 Å². The molecule has 1 rings (SSSR count). The molecule has 0 saturated carbocycles. The fraction of sp³-hybridized carbons (Fsp3) is 0.538. The first kappa shape index (κ1) is 16.9. The minimum absolute atomic E-state index is 0. The second-order valence-electron chi connectivity index (χ2n) is 3.93. The zero-order valence-electron chi connectivity index (χ0n) is 11.4. The molecule has 0 amide bonds. The molecule has 1 atom stereocenters. The van der Waals surface area contributed by atoms with Gasteiger partial charge in [0.2, 0.25) is 0 Å². The fourth-order valence-corrected chi connectivity index (χ4v) is 1.71. The third-order valence-corrected chi connectivity index (χ3v) is 2.41. The minimum atomic E-state index is 0. The van der Waals surface area contributed by atoms with Crippen molar-refractivity contribution in [2.75, 3.05) is 20.8 Å². The number of hydrogen-bond donors (Lipinski definition) is 1. The first-order chi connectivity index (χ1) is 8.12. The summed E-state index contributed by atoms with van der Waals surface area (Å²) in [6.07, 6.45) is 0.742. The average Bonchev–Trinajstić information content (AvgIpc) is 2.30. The van der Waals surface area contributed by atoms with Gasteiger partial charge >= 0.3 is 0 Å². The summed E-state index contributed by atoms with van der Waals surface area (Å²) in [5.41, 5.74) is 6.84. The van der Waals surface area contributed by atoms with E-state index in [1.807, 2.05) is 26.0 Å². The summed E-state index contributed by atoms with van der Waals surface area (Å²) in [6, 6.07) is 3.85. The highest BCUT2D eigenvalue weighted by Gasteiger charge is 2.13. The van der Waals surface area contributed by atoms with E-state index in [-0.39, 0.29) is 18.4 Å². The molecule has 0 heterocycles. The predicted octanol–water partition coefficient (Wildman–Crippen LogP) is 2.41. The molecule has 0 saturated heterocycles. The number of nitrogens with two attached hydrogens (primary N) is 1. The van der Waals surface area contributed by atoms with Crippen LogP contribution in [0.5, 0.6) is 17.2 Å². The highest BCUT2D eigenvalue weighted by molar-refractivity contribution is 5.85. The molecule has 0 aliphatic heterocycles. The van der Waals surface area contributed by atoms with Crippen LogP contribution in [0.3, 0.4) is 0 Å². The monoisotopic (exact) mass is 275 g/mol. The highest BCUT2D eigenvalue weighted by atomic mass is 35.5. The van der Waals surface area contributed by atoms with Gasteiger partial charge in [0.05, 0.1) is 20.8 Å². The zero-order valence-corrected chi connectivity index (χ0v) is 12.2. The van der Waals surface area contributed by atoms with Gasteiger partial charge in [-0.2, -0.15) is 0 Å². The van der Waals surface area contributed by atoms with E-state index in [0.717, 1.165) is 17.7 Å². The number of ether oxygens (including phenoxy) is 3. The molecule has 1 aromatic carbocycles. The lowest BCUT2D eigenvalue weighted by atomic mass is 10.1. The van der Waals surface area contributed by atoms with Crippen molar-refractivity contribution in [3.8, 4) is 17.2 Å². The van der Waals surface area contributed by atoms with E-state index in [9.17, 15) is 0 Å². The van der Waals surface area contributed by atoms with Crippen LogP contribution >= 0.6 is 12.4 Å². The van der Waals surface area contributed by atoms with Crippen LogP contribution in [0.25, 0.3) is 0 Å². The van der Waals surface area contributed by atoms with Crippen molar-refractivity contribution in [1.82, 2.24) is 0 Å². The third-order valence-electron chi connectivity index (χ3n) is 2.41. The van der Waals surface area contributed by atoms with Crippen molar-refractivity contribution in [2.45, 2.75) is 26.3 Å². The predicted molar refractivity (Wildman–Crippen MR) is 75.3 cm³/mol. The third kappa shape index (κ3) is 4.27. The molecule has 0 fully saturated rings. The number of rotatable bonds is 6. The van der Waals surface area contributed by atoms with Gasteiger partial charge in [-0.1, -0.05) is 0 Å². The summed E-state index contributed by atoms with van der Waals surface area (Å²) in [7, 11) is 3.27. The molecule has 1 aromatic rings. The summed E-state index contributed by atoms with van der Waals surface area (Å²) in [4.78, 5) is 0. The maximum atomic E-state index is 5.81. The SMILES string of the molecule is CCOc1cc(OC)c(C[C@@H](C)N)cc1OC.Cl. The van der Waals surface area contributed by atoms with Gasteiger partial charge in [0, 0.05) is 12.1 Å². The van der Waals surface area contributed by atoms with E-state index in [1.54, 1.807) is 14.2 Å². The van der Waals surface area contributed by atoms with Gasteiger partial charge in [0.15, 0.2) is 11.5 Å². The van der Waals surface area contributed by atoms with E-state index in [4.69, 9.17) is 19.9 Å². The van der Waals surface area contributed by atoms with Crippen molar-refractivity contribution in [3.63, 3.8) is 0 Å².